The zero-order chi connectivity index (χ0) is 30.9. The molecule has 3 atom stereocenters. The summed E-state index contributed by atoms with van der Waals surface area (Å²) in [6, 6.07) is 6.11. The van der Waals surface area contributed by atoms with Crippen LogP contribution in [0.2, 0.25) is 0 Å². The topological polar surface area (TPSA) is 123 Å². The van der Waals surface area contributed by atoms with Gasteiger partial charge in [-0.3, -0.25) is 9.59 Å². The van der Waals surface area contributed by atoms with Crippen LogP contribution in [0.3, 0.4) is 0 Å². The van der Waals surface area contributed by atoms with Crippen LogP contribution in [0.1, 0.15) is 46.6 Å². The normalized spacial score (nSPS) is 13.6. The van der Waals surface area contributed by atoms with Gasteiger partial charge in [0.25, 0.3) is 0 Å². The number of amides is 2. The number of hydrogen-bond acceptors (Lipinski definition) is 7. The second-order valence-electron chi connectivity index (χ2n) is 10.5. The quantitative estimate of drug-likeness (QED) is 0.194. The summed E-state index contributed by atoms with van der Waals surface area (Å²) in [7, 11) is 0. The van der Waals surface area contributed by atoms with Crippen LogP contribution >= 0.6 is 0 Å². The first-order valence-corrected chi connectivity index (χ1v) is 12.7. The zero-order valence-electron chi connectivity index (χ0n) is 23.3. The van der Waals surface area contributed by atoms with Crippen LogP contribution in [0.4, 0.5) is 22.4 Å². The largest absolute Gasteiger partial charge is 0.485 e. The summed E-state index contributed by atoms with van der Waals surface area (Å²) in [5, 5.41) is 15.5. The number of carbonyl (C=O) groups is 3. The number of ether oxygens (including phenoxy) is 3. The second-order valence-corrected chi connectivity index (χ2v) is 10.5. The number of nitrogens with one attached hydrogen (secondary N) is 2. The highest BCUT2D eigenvalue weighted by molar-refractivity contribution is 5.86. The molecule has 0 fully saturated rings. The zero-order valence-corrected chi connectivity index (χ0v) is 23.3. The molecule has 0 aromatic heterocycles. The SMILES string of the molecule is CC(C)[C@H](NC(=O)OCc1ccccc1)C(=O)NC(CC(=O)OC(C)(C)C)C(O)COc1c(F)c(F)cc(F)c1F. The van der Waals surface area contributed by atoms with Gasteiger partial charge >= 0.3 is 12.1 Å². The fourth-order valence-electron chi connectivity index (χ4n) is 3.51. The Bertz CT molecular complexity index is 1180. The molecular formula is C28H34F4N2O7. The van der Waals surface area contributed by atoms with Gasteiger partial charge in [-0.25, -0.2) is 13.6 Å². The average molecular weight is 587 g/mol. The predicted molar refractivity (Wildman–Crippen MR) is 139 cm³/mol. The van der Waals surface area contributed by atoms with Crippen molar-refractivity contribution in [3.63, 3.8) is 0 Å². The van der Waals surface area contributed by atoms with E-state index in [-0.39, 0.29) is 12.7 Å². The maximum Gasteiger partial charge on any atom is 0.408 e. The number of carbonyl (C=O) groups excluding carboxylic acids is 3. The maximum atomic E-state index is 14.0. The van der Waals surface area contributed by atoms with Crippen molar-refractivity contribution in [2.24, 2.45) is 5.92 Å². The second kappa shape index (κ2) is 14.7. The molecule has 0 bridgehead atoms. The molecule has 9 nitrogen and oxygen atoms in total. The molecular weight excluding hydrogens is 552 g/mol. The first-order valence-electron chi connectivity index (χ1n) is 12.7. The summed E-state index contributed by atoms with van der Waals surface area (Å²) < 4.78 is 70.3. The average Bonchev–Trinajstić information content (AvgIpc) is 2.88. The third-order valence-electron chi connectivity index (χ3n) is 5.50. The highest BCUT2D eigenvalue weighted by Gasteiger charge is 2.33. The Morgan fingerprint density at radius 2 is 1.54 bits per heavy atom. The molecule has 0 saturated carbocycles. The van der Waals surface area contributed by atoms with Gasteiger partial charge < -0.3 is 30.0 Å². The lowest BCUT2D eigenvalue weighted by Gasteiger charge is -2.29. The van der Waals surface area contributed by atoms with Crippen molar-refractivity contribution in [2.45, 2.75) is 71.4 Å². The molecule has 2 amide bonds. The fourth-order valence-corrected chi connectivity index (χ4v) is 3.51. The maximum absolute atomic E-state index is 14.0. The van der Waals surface area contributed by atoms with E-state index in [0.717, 1.165) is 0 Å². The number of esters is 1. The van der Waals surface area contributed by atoms with Crippen molar-refractivity contribution in [2.75, 3.05) is 6.61 Å². The molecule has 13 heteroatoms. The van der Waals surface area contributed by atoms with Crippen LogP contribution in [0, 0.1) is 29.2 Å². The van der Waals surface area contributed by atoms with Gasteiger partial charge in [-0.15, -0.1) is 0 Å². The van der Waals surface area contributed by atoms with E-state index in [1.807, 2.05) is 0 Å². The van der Waals surface area contributed by atoms with Crippen LogP contribution in [0.15, 0.2) is 36.4 Å². The highest BCUT2D eigenvalue weighted by Crippen LogP contribution is 2.27. The van der Waals surface area contributed by atoms with E-state index in [4.69, 9.17) is 14.2 Å². The van der Waals surface area contributed by atoms with Crippen LogP contribution in [0.5, 0.6) is 5.75 Å². The number of hydrogen-bond donors (Lipinski definition) is 3. The molecule has 0 aliphatic heterocycles. The first kappa shape index (κ1) is 33.3. The Hall–Kier alpha value is -3.87. The predicted octanol–water partition coefficient (Wildman–Crippen LogP) is 4.15. The van der Waals surface area contributed by atoms with Gasteiger partial charge in [0.15, 0.2) is 17.4 Å². The van der Waals surface area contributed by atoms with Gasteiger partial charge in [0.2, 0.25) is 17.5 Å². The molecule has 2 aromatic rings. The van der Waals surface area contributed by atoms with Gasteiger partial charge in [-0.05, 0) is 32.3 Å². The van der Waals surface area contributed by atoms with Crippen molar-refractivity contribution in [3.8, 4) is 5.75 Å². The molecule has 2 rings (SSSR count). The van der Waals surface area contributed by atoms with E-state index in [9.17, 15) is 37.1 Å². The fraction of sp³-hybridized carbons (Fsp3) is 0.464. The Kier molecular flexibility index (Phi) is 11.9. The Morgan fingerprint density at radius 3 is 2.07 bits per heavy atom. The number of aliphatic hydroxyl groups excluding tert-OH is 1. The summed E-state index contributed by atoms with van der Waals surface area (Å²) in [5.41, 5.74) is -0.219. The van der Waals surface area contributed by atoms with E-state index in [1.165, 1.54) is 0 Å². The number of rotatable bonds is 12. The van der Waals surface area contributed by atoms with Crippen LogP contribution in [0.25, 0.3) is 0 Å². The van der Waals surface area contributed by atoms with E-state index >= 15 is 0 Å². The van der Waals surface area contributed by atoms with Crippen LogP contribution in [-0.4, -0.2) is 53.5 Å². The lowest BCUT2D eigenvalue weighted by atomic mass is 10.0. The van der Waals surface area contributed by atoms with Crippen molar-refractivity contribution in [1.82, 2.24) is 10.6 Å². The molecule has 41 heavy (non-hydrogen) atoms. The molecule has 0 aliphatic carbocycles. The Labute approximate surface area is 235 Å². The third-order valence-corrected chi connectivity index (χ3v) is 5.50. The summed E-state index contributed by atoms with van der Waals surface area (Å²) >= 11 is 0. The van der Waals surface area contributed by atoms with Crippen molar-refractivity contribution < 1.29 is 51.3 Å². The van der Waals surface area contributed by atoms with Gasteiger partial charge in [0, 0.05) is 6.07 Å². The first-order chi connectivity index (χ1) is 19.1. The molecule has 2 unspecified atom stereocenters. The van der Waals surface area contributed by atoms with Gasteiger partial charge in [-0.2, -0.15) is 8.78 Å². The lowest BCUT2D eigenvalue weighted by Crippen LogP contribution is -2.55. The minimum absolute atomic E-state index is 0.0105. The molecule has 0 radical (unpaired) electrons. The summed E-state index contributed by atoms with van der Waals surface area (Å²) in [6.07, 6.45) is -3.36. The van der Waals surface area contributed by atoms with Crippen LogP contribution in [-0.2, 0) is 25.7 Å². The summed E-state index contributed by atoms with van der Waals surface area (Å²) in [4.78, 5) is 38.0. The highest BCUT2D eigenvalue weighted by atomic mass is 19.2. The monoisotopic (exact) mass is 586 g/mol. The summed E-state index contributed by atoms with van der Waals surface area (Å²) in [6.45, 7) is 6.95. The standard InChI is InChI=1S/C28H34F4N2O7/c1-15(2)24(34-27(38)40-13-16-9-7-6-8-10-16)26(37)33-19(12-21(36)41-28(3,4)5)20(35)14-39-25-22(31)17(29)11-18(30)23(25)32/h6-11,15,19-20,24,35H,12-14H2,1-5H3,(H,33,37)(H,34,38)/t19?,20?,24-/m0/s1. The molecule has 0 heterocycles. The smallest absolute Gasteiger partial charge is 0.408 e. The Balaban J connectivity index is 2.17. The summed E-state index contributed by atoms with van der Waals surface area (Å²) in [5.74, 6) is -10.7. The van der Waals surface area contributed by atoms with Crippen molar-refractivity contribution >= 4 is 18.0 Å². The number of halogens is 4. The van der Waals surface area contributed by atoms with E-state index in [0.29, 0.717) is 5.56 Å². The van der Waals surface area contributed by atoms with Crippen molar-refractivity contribution in [3.05, 3.63) is 65.2 Å². The lowest BCUT2D eigenvalue weighted by molar-refractivity contribution is -0.156. The number of alkyl carbamates (subject to hydrolysis) is 1. The minimum Gasteiger partial charge on any atom is -0.485 e. The van der Waals surface area contributed by atoms with E-state index in [1.54, 1.807) is 65.0 Å². The molecule has 0 aliphatic rings. The number of benzene rings is 2. The molecule has 226 valence electrons. The minimum atomic E-state index is -1.83. The number of aliphatic hydroxyl groups is 1. The third kappa shape index (κ3) is 10.6. The molecule has 3 N–H and O–H groups in total. The van der Waals surface area contributed by atoms with E-state index in [2.05, 4.69) is 10.6 Å². The van der Waals surface area contributed by atoms with Crippen molar-refractivity contribution in [1.29, 1.82) is 0 Å². The Morgan fingerprint density at radius 1 is 0.951 bits per heavy atom. The van der Waals surface area contributed by atoms with Gasteiger partial charge in [-0.1, -0.05) is 44.2 Å². The molecule has 2 aromatic carbocycles. The van der Waals surface area contributed by atoms with E-state index < -0.39 is 89.7 Å². The van der Waals surface area contributed by atoms with Crippen LogP contribution < -0.4 is 15.4 Å². The van der Waals surface area contributed by atoms with Gasteiger partial charge in [0.05, 0.1) is 12.5 Å². The van der Waals surface area contributed by atoms with Gasteiger partial charge in [0.1, 0.15) is 31.0 Å². The molecule has 0 spiro atoms. The molecule has 0 saturated heterocycles.